The minimum atomic E-state index is -0.676. The predicted octanol–water partition coefficient (Wildman–Crippen LogP) is 3.13. The Morgan fingerprint density at radius 2 is 2.12 bits per heavy atom. The fraction of sp³-hybridized carbons (Fsp3) is 0.529. The van der Waals surface area contributed by atoms with Crippen LogP contribution in [0.3, 0.4) is 0 Å². The summed E-state index contributed by atoms with van der Waals surface area (Å²) in [6.45, 7) is 3.51. The number of anilines is 1. The lowest BCUT2D eigenvalue weighted by molar-refractivity contribution is -0.121. The highest BCUT2D eigenvalue weighted by molar-refractivity contribution is 5.89. The minimum Gasteiger partial charge on any atom is -0.356 e. The van der Waals surface area contributed by atoms with Gasteiger partial charge in [-0.1, -0.05) is 6.92 Å². The van der Waals surface area contributed by atoms with Gasteiger partial charge in [0.15, 0.2) is 0 Å². The number of carbonyl (C=O) groups excluding carboxylic acids is 2. The highest BCUT2D eigenvalue weighted by Crippen LogP contribution is 2.19. The van der Waals surface area contributed by atoms with Crippen molar-refractivity contribution in [2.45, 2.75) is 32.6 Å². The number of benzene rings is 1. The molecule has 1 saturated heterocycles. The van der Waals surface area contributed by atoms with Crippen molar-refractivity contribution in [3.63, 3.8) is 0 Å². The number of hydrogen-bond donors (Lipinski definition) is 2. The monoisotopic (exact) mass is 339 g/mol. The van der Waals surface area contributed by atoms with E-state index in [0.717, 1.165) is 37.5 Å². The number of urea groups is 1. The summed E-state index contributed by atoms with van der Waals surface area (Å²) in [6, 6.07) is 2.48. The maximum Gasteiger partial charge on any atom is 0.321 e. The Labute approximate surface area is 140 Å². The first kappa shape index (κ1) is 18.2. The van der Waals surface area contributed by atoms with Crippen LogP contribution in [0.1, 0.15) is 32.6 Å². The van der Waals surface area contributed by atoms with Gasteiger partial charge in [0.25, 0.3) is 0 Å². The van der Waals surface area contributed by atoms with Crippen molar-refractivity contribution in [1.29, 1.82) is 0 Å². The zero-order valence-corrected chi connectivity index (χ0v) is 13.8. The highest BCUT2D eigenvalue weighted by Gasteiger charge is 2.24. The van der Waals surface area contributed by atoms with Crippen LogP contribution < -0.4 is 10.6 Å². The van der Waals surface area contributed by atoms with E-state index in [1.165, 1.54) is 0 Å². The molecule has 24 heavy (non-hydrogen) atoms. The lowest BCUT2D eigenvalue weighted by Gasteiger charge is -2.32. The second-order valence-corrected chi connectivity index (χ2v) is 6.06. The molecule has 1 atom stereocenters. The van der Waals surface area contributed by atoms with Gasteiger partial charge in [0.05, 0.1) is 5.69 Å². The summed E-state index contributed by atoms with van der Waals surface area (Å²) in [5, 5.41) is 5.28. The molecule has 2 rings (SSSR count). The van der Waals surface area contributed by atoms with Gasteiger partial charge in [-0.15, -0.1) is 0 Å². The van der Waals surface area contributed by atoms with Gasteiger partial charge in [-0.2, -0.15) is 0 Å². The van der Waals surface area contributed by atoms with Crippen LogP contribution in [0.4, 0.5) is 19.3 Å². The average Bonchev–Trinajstić information content (AvgIpc) is 2.57. The van der Waals surface area contributed by atoms with E-state index in [0.29, 0.717) is 26.1 Å². The summed E-state index contributed by atoms with van der Waals surface area (Å²) in [6.07, 6.45) is 3.03. The Kier molecular flexibility index (Phi) is 6.52. The molecule has 1 aromatic rings. The number of piperidine rings is 1. The lowest BCUT2D eigenvalue weighted by atomic mass is 9.98. The van der Waals surface area contributed by atoms with Crippen LogP contribution in [0.5, 0.6) is 0 Å². The molecule has 0 unspecified atom stereocenters. The van der Waals surface area contributed by atoms with E-state index in [4.69, 9.17) is 0 Å². The number of amides is 3. The molecule has 0 aromatic heterocycles. The van der Waals surface area contributed by atoms with Gasteiger partial charge >= 0.3 is 6.03 Å². The standard InChI is InChI=1S/C17H23F2N3O2/c1-2-4-16(23)20-10-12-5-3-8-22(11-12)17(24)21-15-9-13(18)6-7-14(15)19/h6-7,9,12H,2-5,8,10-11H2,1H3,(H,20,23)(H,21,24)/t12-/m1/s1. The molecule has 0 radical (unpaired) electrons. The average molecular weight is 339 g/mol. The minimum absolute atomic E-state index is 0.0147. The smallest absolute Gasteiger partial charge is 0.321 e. The topological polar surface area (TPSA) is 61.4 Å². The van der Waals surface area contributed by atoms with Crippen LogP contribution in [0.15, 0.2) is 18.2 Å². The van der Waals surface area contributed by atoms with Crippen LogP contribution in [-0.4, -0.2) is 36.5 Å². The summed E-state index contributed by atoms with van der Waals surface area (Å²) in [5.41, 5.74) is -0.168. The summed E-state index contributed by atoms with van der Waals surface area (Å²) in [4.78, 5) is 25.4. The van der Waals surface area contributed by atoms with Gasteiger partial charge in [0.1, 0.15) is 11.6 Å². The third-order valence-electron chi connectivity index (χ3n) is 4.04. The second-order valence-electron chi connectivity index (χ2n) is 6.06. The van der Waals surface area contributed by atoms with Gasteiger partial charge in [0.2, 0.25) is 5.91 Å². The highest BCUT2D eigenvalue weighted by atomic mass is 19.1. The molecular formula is C17H23F2N3O2. The number of carbonyl (C=O) groups is 2. The van der Waals surface area contributed by atoms with Crippen molar-refractivity contribution in [2.75, 3.05) is 25.0 Å². The van der Waals surface area contributed by atoms with E-state index in [1.54, 1.807) is 4.90 Å². The van der Waals surface area contributed by atoms with E-state index in [9.17, 15) is 18.4 Å². The van der Waals surface area contributed by atoms with Gasteiger partial charge in [-0.05, 0) is 37.3 Å². The van der Waals surface area contributed by atoms with Crippen LogP contribution in [0.2, 0.25) is 0 Å². The number of nitrogens with one attached hydrogen (secondary N) is 2. The summed E-state index contributed by atoms with van der Waals surface area (Å²) in [5.74, 6) is -1.10. The predicted molar refractivity (Wildman–Crippen MR) is 87.6 cm³/mol. The van der Waals surface area contributed by atoms with Crippen LogP contribution in [0.25, 0.3) is 0 Å². The fourth-order valence-corrected chi connectivity index (χ4v) is 2.78. The Bertz CT molecular complexity index is 595. The molecule has 7 heteroatoms. The lowest BCUT2D eigenvalue weighted by Crippen LogP contribution is -2.45. The second kappa shape index (κ2) is 8.61. The van der Waals surface area contributed by atoms with Crippen molar-refractivity contribution < 1.29 is 18.4 Å². The van der Waals surface area contributed by atoms with E-state index in [2.05, 4.69) is 10.6 Å². The van der Waals surface area contributed by atoms with Gasteiger partial charge in [0, 0.05) is 32.1 Å². The van der Waals surface area contributed by atoms with Crippen molar-refractivity contribution >= 4 is 17.6 Å². The molecule has 1 aliphatic rings. The summed E-state index contributed by atoms with van der Waals surface area (Å²) >= 11 is 0. The van der Waals surface area contributed by atoms with Crippen LogP contribution >= 0.6 is 0 Å². The molecule has 1 fully saturated rings. The largest absolute Gasteiger partial charge is 0.356 e. The molecule has 1 aromatic carbocycles. The van der Waals surface area contributed by atoms with Gasteiger partial charge < -0.3 is 15.5 Å². The Hall–Kier alpha value is -2.18. The van der Waals surface area contributed by atoms with Crippen LogP contribution in [-0.2, 0) is 4.79 Å². The maximum absolute atomic E-state index is 13.6. The molecule has 132 valence electrons. The van der Waals surface area contributed by atoms with Crippen molar-refractivity contribution in [2.24, 2.45) is 5.92 Å². The number of hydrogen-bond acceptors (Lipinski definition) is 2. The number of nitrogens with zero attached hydrogens (tertiary/aromatic N) is 1. The molecule has 0 saturated carbocycles. The third kappa shape index (κ3) is 5.18. The first-order chi connectivity index (χ1) is 11.5. The molecule has 1 aliphatic heterocycles. The molecule has 1 heterocycles. The molecule has 3 amide bonds. The Balaban J connectivity index is 1.88. The summed E-state index contributed by atoms with van der Waals surface area (Å²) < 4.78 is 26.8. The zero-order valence-electron chi connectivity index (χ0n) is 13.8. The van der Waals surface area contributed by atoms with E-state index < -0.39 is 17.7 Å². The molecule has 0 bridgehead atoms. The van der Waals surface area contributed by atoms with Gasteiger partial charge in [-0.25, -0.2) is 13.6 Å². The normalized spacial score (nSPS) is 17.5. The SMILES string of the molecule is CCCC(=O)NC[C@H]1CCCN(C(=O)Nc2cc(F)ccc2F)C1. The number of likely N-dealkylation sites (tertiary alicyclic amines) is 1. The van der Waals surface area contributed by atoms with Crippen molar-refractivity contribution in [1.82, 2.24) is 10.2 Å². The molecule has 0 spiro atoms. The quantitative estimate of drug-likeness (QED) is 0.866. The Morgan fingerprint density at radius 3 is 2.88 bits per heavy atom. The maximum atomic E-state index is 13.6. The van der Waals surface area contributed by atoms with Gasteiger partial charge in [-0.3, -0.25) is 4.79 Å². The third-order valence-corrected chi connectivity index (χ3v) is 4.04. The van der Waals surface area contributed by atoms with E-state index in [1.807, 2.05) is 6.92 Å². The van der Waals surface area contributed by atoms with Crippen molar-refractivity contribution in [3.05, 3.63) is 29.8 Å². The molecular weight excluding hydrogens is 316 g/mol. The Morgan fingerprint density at radius 1 is 1.33 bits per heavy atom. The van der Waals surface area contributed by atoms with E-state index >= 15 is 0 Å². The first-order valence-electron chi connectivity index (χ1n) is 8.27. The fourth-order valence-electron chi connectivity index (χ4n) is 2.78. The zero-order chi connectivity index (χ0) is 17.5. The first-order valence-corrected chi connectivity index (χ1v) is 8.27. The van der Waals surface area contributed by atoms with Crippen molar-refractivity contribution in [3.8, 4) is 0 Å². The molecule has 2 N–H and O–H groups in total. The summed E-state index contributed by atoms with van der Waals surface area (Å²) in [7, 11) is 0. The number of rotatable bonds is 5. The van der Waals surface area contributed by atoms with Crippen LogP contribution in [0, 0.1) is 17.6 Å². The number of halogens is 2. The molecule has 5 nitrogen and oxygen atoms in total. The molecule has 0 aliphatic carbocycles. The van der Waals surface area contributed by atoms with E-state index in [-0.39, 0.29) is 17.5 Å².